The van der Waals surface area contributed by atoms with E-state index in [0.717, 1.165) is 17.5 Å². The van der Waals surface area contributed by atoms with Gasteiger partial charge in [0.25, 0.3) is 5.91 Å². The standard InChI is InChI=1S/C31H34N4O5/c36-28-21-26(31(39)32-17-9-14-22-10-3-1-4-11-22)35-29(37)24-15-7-8-16-27(24)40-19-18-33-30(38)25(34-28)20-23-12-5-2-6-13-23/h1-8,10-13,15-16,25-26H,9,14,17-21H2,(H,32,39)(H,33,38)(H,34,36)(H,35,37)/t25-,26-/m0/s1. The Morgan fingerprint density at radius 2 is 1.52 bits per heavy atom. The summed E-state index contributed by atoms with van der Waals surface area (Å²) in [6, 6.07) is 23.9. The highest BCUT2D eigenvalue weighted by molar-refractivity contribution is 6.01. The molecular weight excluding hydrogens is 508 g/mol. The van der Waals surface area contributed by atoms with E-state index in [0.29, 0.717) is 18.7 Å². The number of hydrogen-bond acceptors (Lipinski definition) is 5. The van der Waals surface area contributed by atoms with E-state index in [1.807, 2.05) is 60.7 Å². The van der Waals surface area contributed by atoms with E-state index in [1.165, 1.54) is 0 Å². The lowest BCUT2D eigenvalue weighted by Gasteiger charge is -2.23. The summed E-state index contributed by atoms with van der Waals surface area (Å²) in [7, 11) is 0. The van der Waals surface area contributed by atoms with Crippen LogP contribution in [0.2, 0.25) is 0 Å². The Morgan fingerprint density at radius 1 is 0.850 bits per heavy atom. The van der Waals surface area contributed by atoms with E-state index in [1.54, 1.807) is 24.3 Å². The van der Waals surface area contributed by atoms with E-state index >= 15 is 0 Å². The first kappa shape index (κ1) is 28.4. The van der Waals surface area contributed by atoms with Crippen LogP contribution in [-0.4, -0.2) is 55.4 Å². The largest absolute Gasteiger partial charge is 0.491 e. The van der Waals surface area contributed by atoms with Gasteiger partial charge in [-0.3, -0.25) is 19.2 Å². The molecule has 1 heterocycles. The Hall–Kier alpha value is -4.66. The molecule has 4 rings (SSSR count). The fourth-order valence-electron chi connectivity index (χ4n) is 4.45. The molecule has 0 saturated heterocycles. The van der Waals surface area contributed by atoms with Gasteiger partial charge in [-0.15, -0.1) is 0 Å². The zero-order valence-electron chi connectivity index (χ0n) is 22.2. The number of benzene rings is 3. The van der Waals surface area contributed by atoms with Gasteiger partial charge in [0.2, 0.25) is 17.7 Å². The third-order valence-corrected chi connectivity index (χ3v) is 6.52. The molecule has 3 aromatic rings. The highest BCUT2D eigenvalue weighted by atomic mass is 16.5. The summed E-state index contributed by atoms with van der Waals surface area (Å²) in [6.07, 6.45) is 1.40. The second kappa shape index (κ2) is 14.5. The van der Waals surface area contributed by atoms with Gasteiger partial charge in [-0.05, 0) is 36.1 Å². The van der Waals surface area contributed by atoms with E-state index < -0.39 is 29.8 Å². The van der Waals surface area contributed by atoms with Gasteiger partial charge in [0.05, 0.1) is 18.5 Å². The van der Waals surface area contributed by atoms with Crippen molar-refractivity contribution >= 4 is 23.6 Å². The number of nitrogens with one attached hydrogen (secondary N) is 4. The van der Waals surface area contributed by atoms with Crippen molar-refractivity contribution in [2.75, 3.05) is 19.7 Å². The molecule has 0 aromatic heterocycles. The Balaban J connectivity index is 1.49. The topological polar surface area (TPSA) is 126 Å². The maximum absolute atomic E-state index is 13.2. The maximum atomic E-state index is 13.2. The lowest BCUT2D eigenvalue weighted by atomic mass is 10.0. The van der Waals surface area contributed by atoms with Crippen molar-refractivity contribution in [2.24, 2.45) is 0 Å². The van der Waals surface area contributed by atoms with Crippen molar-refractivity contribution in [3.8, 4) is 5.75 Å². The summed E-state index contributed by atoms with van der Waals surface area (Å²) < 4.78 is 5.78. The first-order chi connectivity index (χ1) is 19.5. The monoisotopic (exact) mass is 542 g/mol. The second-order valence-electron chi connectivity index (χ2n) is 9.56. The first-order valence-electron chi connectivity index (χ1n) is 13.4. The second-order valence-corrected chi connectivity index (χ2v) is 9.56. The summed E-state index contributed by atoms with van der Waals surface area (Å²) in [5.41, 5.74) is 2.26. The fourth-order valence-corrected chi connectivity index (χ4v) is 4.45. The molecule has 0 unspecified atom stereocenters. The Kier molecular flexibility index (Phi) is 10.3. The molecule has 0 spiro atoms. The minimum Gasteiger partial charge on any atom is -0.491 e. The SMILES string of the molecule is O=C1C[C@@H](C(=O)NCCCc2ccccc2)NC(=O)c2ccccc2OCCNC(=O)[C@H](Cc2ccccc2)N1. The minimum absolute atomic E-state index is 0.118. The Bertz CT molecular complexity index is 1300. The zero-order valence-corrected chi connectivity index (χ0v) is 22.2. The molecule has 0 fully saturated rings. The molecule has 40 heavy (non-hydrogen) atoms. The molecule has 0 radical (unpaired) electrons. The molecule has 1 aliphatic rings. The zero-order chi connectivity index (χ0) is 28.2. The van der Waals surface area contributed by atoms with Crippen LogP contribution in [-0.2, 0) is 27.2 Å². The van der Waals surface area contributed by atoms with Crippen LogP contribution >= 0.6 is 0 Å². The lowest BCUT2D eigenvalue weighted by Crippen LogP contribution is -2.53. The highest BCUT2D eigenvalue weighted by Gasteiger charge is 2.28. The number of hydrogen-bond donors (Lipinski definition) is 4. The summed E-state index contributed by atoms with van der Waals surface area (Å²) >= 11 is 0. The summed E-state index contributed by atoms with van der Waals surface area (Å²) in [5, 5.41) is 11.1. The van der Waals surface area contributed by atoms with Crippen molar-refractivity contribution in [1.82, 2.24) is 21.3 Å². The molecule has 1 aliphatic heterocycles. The van der Waals surface area contributed by atoms with Crippen LogP contribution in [0, 0.1) is 0 Å². The van der Waals surface area contributed by atoms with Gasteiger partial charge < -0.3 is 26.0 Å². The van der Waals surface area contributed by atoms with Crippen molar-refractivity contribution < 1.29 is 23.9 Å². The third-order valence-electron chi connectivity index (χ3n) is 6.52. The molecule has 4 amide bonds. The van der Waals surface area contributed by atoms with Gasteiger partial charge in [-0.1, -0.05) is 72.8 Å². The van der Waals surface area contributed by atoms with Gasteiger partial charge in [0.15, 0.2) is 0 Å². The predicted molar refractivity (Wildman–Crippen MR) is 151 cm³/mol. The van der Waals surface area contributed by atoms with Crippen molar-refractivity contribution in [3.05, 3.63) is 102 Å². The predicted octanol–water partition coefficient (Wildman–Crippen LogP) is 2.16. The van der Waals surface area contributed by atoms with Crippen molar-refractivity contribution in [1.29, 1.82) is 0 Å². The number of rotatable bonds is 7. The van der Waals surface area contributed by atoms with Crippen LogP contribution in [0.15, 0.2) is 84.9 Å². The molecule has 208 valence electrons. The number of para-hydroxylation sites is 1. The quantitative estimate of drug-likeness (QED) is 0.341. The molecule has 0 aliphatic carbocycles. The highest BCUT2D eigenvalue weighted by Crippen LogP contribution is 2.18. The molecule has 0 bridgehead atoms. The third kappa shape index (κ3) is 8.42. The van der Waals surface area contributed by atoms with Crippen molar-refractivity contribution in [3.63, 3.8) is 0 Å². The van der Waals surface area contributed by atoms with E-state index in [4.69, 9.17) is 4.74 Å². The number of aryl methyl sites for hydroxylation is 1. The molecule has 9 heteroatoms. The number of carbonyl (C=O) groups is 4. The van der Waals surface area contributed by atoms with E-state index in [-0.39, 0.29) is 37.5 Å². The van der Waals surface area contributed by atoms with Gasteiger partial charge in [-0.2, -0.15) is 0 Å². The molecule has 0 saturated carbocycles. The summed E-state index contributed by atoms with van der Waals surface area (Å²) in [5.74, 6) is -1.58. The molecule has 4 N–H and O–H groups in total. The normalized spacial score (nSPS) is 18.1. The smallest absolute Gasteiger partial charge is 0.255 e. The average molecular weight is 543 g/mol. The van der Waals surface area contributed by atoms with E-state index in [9.17, 15) is 19.2 Å². The molecule has 9 nitrogen and oxygen atoms in total. The maximum Gasteiger partial charge on any atom is 0.255 e. The van der Waals surface area contributed by atoms with Gasteiger partial charge >= 0.3 is 0 Å². The van der Waals surface area contributed by atoms with Crippen LogP contribution < -0.4 is 26.0 Å². The average Bonchev–Trinajstić information content (AvgIpc) is 2.97. The number of amides is 4. The van der Waals surface area contributed by atoms with Gasteiger partial charge in [0.1, 0.15) is 24.4 Å². The Morgan fingerprint density at radius 3 is 2.27 bits per heavy atom. The molecule has 3 aromatic carbocycles. The fraction of sp³-hybridized carbons (Fsp3) is 0.290. The van der Waals surface area contributed by atoms with Crippen molar-refractivity contribution in [2.45, 2.75) is 37.8 Å². The lowest BCUT2D eigenvalue weighted by molar-refractivity contribution is -0.131. The number of fused-ring (bicyclic) bond motifs is 1. The van der Waals surface area contributed by atoms with Crippen LogP contribution in [0.25, 0.3) is 0 Å². The van der Waals surface area contributed by atoms with Crippen LogP contribution in [0.4, 0.5) is 0 Å². The van der Waals surface area contributed by atoms with E-state index in [2.05, 4.69) is 21.3 Å². The number of carbonyl (C=O) groups excluding carboxylic acids is 4. The summed E-state index contributed by atoms with van der Waals surface area (Å²) in [4.78, 5) is 52.5. The van der Waals surface area contributed by atoms with Gasteiger partial charge in [0, 0.05) is 13.0 Å². The van der Waals surface area contributed by atoms with Gasteiger partial charge in [-0.25, -0.2) is 0 Å². The van der Waals surface area contributed by atoms with Crippen LogP contribution in [0.5, 0.6) is 5.75 Å². The van der Waals surface area contributed by atoms with Crippen LogP contribution in [0.3, 0.4) is 0 Å². The minimum atomic E-state index is -1.15. The number of ether oxygens (including phenoxy) is 1. The Labute approximate surface area is 233 Å². The first-order valence-corrected chi connectivity index (χ1v) is 13.4. The molecular formula is C31H34N4O5. The molecule has 2 atom stereocenters. The summed E-state index contributed by atoms with van der Waals surface area (Å²) in [6.45, 7) is 0.678. The van der Waals surface area contributed by atoms with Crippen LogP contribution in [0.1, 0.15) is 34.3 Å².